The quantitative estimate of drug-likeness (QED) is 0.399. The van der Waals surface area contributed by atoms with E-state index < -0.39 is 16.7 Å². The van der Waals surface area contributed by atoms with Crippen molar-refractivity contribution in [3.8, 4) is 0 Å². The summed E-state index contributed by atoms with van der Waals surface area (Å²) < 4.78 is 5.40. The van der Waals surface area contributed by atoms with Crippen LogP contribution in [-0.4, -0.2) is 36.5 Å². The Balaban J connectivity index is 1.84. The molecule has 0 aromatic heterocycles. The van der Waals surface area contributed by atoms with Gasteiger partial charge in [0.25, 0.3) is 0 Å². The SMILES string of the molecule is CC1(CCOCCO)CC(=O)C(C(C)(Cc2ccccc2)Cc2ccc(Cl)cc2)C(=O)C1. The van der Waals surface area contributed by atoms with Crippen molar-refractivity contribution in [3.63, 3.8) is 0 Å². The number of rotatable bonds is 10. The Morgan fingerprint density at radius 1 is 0.969 bits per heavy atom. The number of halogens is 1. The van der Waals surface area contributed by atoms with Crippen LogP contribution in [0, 0.1) is 16.7 Å². The highest BCUT2D eigenvalue weighted by atomic mass is 35.5. The molecule has 172 valence electrons. The largest absolute Gasteiger partial charge is 0.394 e. The van der Waals surface area contributed by atoms with E-state index in [0.717, 1.165) is 11.1 Å². The van der Waals surface area contributed by atoms with E-state index in [1.807, 2.05) is 49.4 Å². The monoisotopic (exact) mass is 456 g/mol. The average molecular weight is 457 g/mol. The van der Waals surface area contributed by atoms with Crippen molar-refractivity contribution in [1.82, 2.24) is 0 Å². The van der Waals surface area contributed by atoms with Gasteiger partial charge in [-0.1, -0.05) is 67.9 Å². The molecule has 1 atom stereocenters. The van der Waals surface area contributed by atoms with Crippen molar-refractivity contribution in [2.24, 2.45) is 16.7 Å². The topological polar surface area (TPSA) is 63.6 Å². The molecule has 0 amide bonds. The molecule has 1 fully saturated rings. The minimum atomic E-state index is -0.634. The number of aliphatic hydroxyl groups excluding tert-OH is 1. The Labute approximate surface area is 195 Å². The first-order chi connectivity index (χ1) is 15.2. The molecule has 1 aliphatic carbocycles. The van der Waals surface area contributed by atoms with Gasteiger partial charge < -0.3 is 9.84 Å². The van der Waals surface area contributed by atoms with Gasteiger partial charge in [0.15, 0.2) is 0 Å². The molecule has 0 radical (unpaired) electrons. The number of carbonyl (C=O) groups excluding carboxylic acids is 2. The van der Waals surface area contributed by atoms with Crippen LogP contribution >= 0.6 is 11.6 Å². The van der Waals surface area contributed by atoms with Crippen LogP contribution in [0.3, 0.4) is 0 Å². The number of Topliss-reactive ketones (excluding diaryl/α,β-unsaturated/α-hetero) is 2. The summed E-state index contributed by atoms with van der Waals surface area (Å²) in [4.78, 5) is 26.9. The fourth-order valence-electron chi connectivity index (χ4n) is 5.12. The third-order valence-electron chi connectivity index (χ3n) is 6.60. The second kappa shape index (κ2) is 10.7. The van der Waals surface area contributed by atoms with Crippen LogP contribution in [0.4, 0.5) is 0 Å². The van der Waals surface area contributed by atoms with Gasteiger partial charge in [0.1, 0.15) is 11.6 Å². The first kappa shape index (κ1) is 24.6. The van der Waals surface area contributed by atoms with Crippen LogP contribution in [0.1, 0.15) is 44.2 Å². The Morgan fingerprint density at radius 2 is 1.53 bits per heavy atom. The zero-order valence-electron chi connectivity index (χ0n) is 19.0. The number of aliphatic hydroxyl groups is 1. The maximum absolute atomic E-state index is 13.5. The Bertz CT molecular complexity index is 891. The molecule has 0 spiro atoms. The summed E-state index contributed by atoms with van der Waals surface area (Å²) in [7, 11) is 0. The van der Waals surface area contributed by atoms with Crippen LogP contribution < -0.4 is 0 Å². The molecule has 0 saturated heterocycles. The third-order valence-corrected chi connectivity index (χ3v) is 6.85. The van der Waals surface area contributed by atoms with E-state index in [0.29, 0.717) is 43.7 Å². The van der Waals surface area contributed by atoms with E-state index in [-0.39, 0.29) is 24.8 Å². The van der Waals surface area contributed by atoms with Crippen molar-refractivity contribution in [3.05, 3.63) is 70.7 Å². The molecule has 2 aromatic rings. The fourth-order valence-corrected chi connectivity index (χ4v) is 5.25. The van der Waals surface area contributed by atoms with Gasteiger partial charge in [-0.2, -0.15) is 0 Å². The maximum Gasteiger partial charge on any atom is 0.144 e. The first-order valence-corrected chi connectivity index (χ1v) is 11.6. The van der Waals surface area contributed by atoms with Crippen LogP contribution in [-0.2, 0) is 27.2 Å². The molecular formula is C27H33ClO4. The zero-order valence-corrected chi connectivity index (χ0v) is 19.7. The van der Waals surface area contributed by atoms with Crippen LogP contribution in [0.15, 0.2) is 54.6 Å². The number of hydrogen-bond acceptors (Lipinski definition) is 4. The summed E-state index contributed by atoms with van der Waals surface area (Å²) in [5.74, 6) is -0.582. The lowest BCUT2D eigenvalue weighted by atomic mass is 9.58. The molecule has 1 N–H and O–H groups in total. The van der Waals surface area contributed by atoms with E-state index in [1.165, 1.54) is 0 Å². The maximum atomic E-state index is 13.5. The van der Waals surface area contributed by atoms with E-state index in [1.54, 1.807) is 0 Å². The van der Waals surface area contributed by atoms with Gasteiger partial charge in [-0.25, -0.2) is 0 Å². The zero-order chi connectivity index (χ0) is 23.2. The fraction of sp³-hybridized carbons (Fsp3) is 0.481. The van der Waals surface area contributed by atoms with Gasteiger partial charge in [0.2, 0.25) is 0 Å². The standard InChI is InChI=1S/C27H33ClO4/c1-26(12-14-32-15-13-29)18-23(30)25(24(31)19-26)27(2,16-20-6-4-3-5-7-20)17-21-8-10-22(28)11-9-21/h3-11,25,29H,12-19H2,1-2H3. The summed E-state index contributed by atoms with van der Waals surface area (Å²) in [5.41, 5.74) is 1.26. The van der Waals surface area contributed by atoms with Gasteiger partial charge in [0, 0.05) is 24.5 Å². The second-order valence-corrected chi connectivity index (χ2v) is 10.2. The van der Waals surface area contributed by atoms with Crippen molar-refractivity contribution >= 4 is 23.2 Å². The Morgan fingerprint density at radius 3 is 2.09 bits per heavy atom. The lowest BCUT2D eigenvalue weighted by molar-refractivity contribution is -0.146. The molecule has 0 bridgehead atoms. The van der Waals surface area contributed by atoms with Crippen molar-refractivity contribution in [2.45, 2.75) is 46.0 Å². The Kier molecular flexibility index (Phi) is 8.26. The van der Waals surface area contributed by atoms with Crippen LogP contribution in [0.5, 0.6) is 0 Å². The average Bonchev–Trinajstić information content (AvgIpc) is 2.73. The Hall–Kier alpha value is -2.01. The lowest BCUT2D eigenvalue weighted by Gasteiger charge is -2.43. The van der Waals surface area contributed by atoms with Gasteiger partial charge in [0.05, 0.1) is 19.1 Å². The molecule has 32 heavy (non-hydrogen) atoms. The lowest BCUT2D eigenvalue weighted by Crippen LogP contribution is -2.49. The first-order valence-electron chi connectivity index (χ1n) is 11.3. The summed E-state index contributed by atoms with van der Waals surface area (Å²) in [6, 6.07) is 17.7. The van der Waals surface area contributed by atoms with Crippen LogP contribution in [0.25, 0.3) is 0 Å². The summed E-state index contributed by atoms with van der Waals surface area (Å²) in [6.45, 7) is 4.75. The highest BCUT2D eigenvalue weighted by Gasteiger charge is 2.50. The summed E-state index contributed by atoms with van der Waals surface area (Å²) in [6.07, 6.45) is 2.64. The number of ketones is 2. The third kappa shape index (κ3) is 6.28. The van der Waals surface area contributed by atoms with E-state index in [2.05, 4.69) is 19.1 Å². The molecule has 0 aliphatic heterocycles. The smallest absolute Gasteiger partial charge is 0.144 e. The second-order valence-electron chi connectivity index (χ2n) is 9.74. The summed E-state index contributed by atoms with van der Waals surface area (Å²) >= 11 is 6.07. The van der Waals surface area contributed by atoms with E-state index in [9.17, 15) is 9.59 Å². The number of ether oxygens (including phenoxy) is 1. The van der Waals surface area contributed by atoms with Gasteiger partial charge in [-0.05, 0) is 53.4 Å². The minimum Gasteiger partial charge on any atom is -0.394 e. The van der Waals surface area contributed by atoms with Crippen LogP contribution in [0.2, 0.25) is 5.02 Å². The number of benzene rings is 2. The normalized spacial score (nSPS) is 23.2. The highest BCUT2D eigenvalue weighted by Crippen LogP contribution is 2.46. The molecule has 0 heterocycles. The van der Waals surface area contributed by atoms with Crippen molar-refractivity contribution < 1.29 is 19.4 Å². The van der Waals surface area contributed by atoms with Gasteiger partial charge in [-0.3, -0.25) is 9.59 Å². The molecule has 1 unspecified atom stereocenters. The van der Waals surface area contributed by atoms with E-state index >= 15 is 0 Å². The predicted octanol–water partition coefficient (Wildman–Crippen LogP) is 5.09. The molecular weight excluding hydrogens is 424 g/mol. The molecule has 3 rings (SSSR count). The number of carbonyl (C=O) groups is 2. The van der Waals surface area contributed by atoms with Crippen molar-refractivity contribution in [1.29, 1.82) is 0 Å². The summed E-state index contributed by atoms with van der Waals surface area (Å²) in [5, 5.41) is 9.56. The molecule has 1 saturated carbocycles. The van der Waals surface area contributed by atoms with Crippen molar-refractivity contribution in [2.75, 3.05) is 19.8 Å². The highest BCUT2D eigenvalue weighted by molar-refractivity contribution is 6.30. The van der Waals surface area contributed by atoms with Gasteiger partial charge in [-0.15, -0.1) is 0 Å². The van der Waals surface area contributed by atoms with E-state index in [4.69, 9.17) is 21.4 Å². The molecule has 2 aromatic carbocycles. The molecule has 4 nitrogen and oxygen atoms in total. The predicted molar refractivity (Wildman–Crippen MR) is 127 cm³/mol. The number of hydrogen-bond donors (Lipinski definition) is 1. The molecule has 1 aliphatic rings. The molecule has 5 heteroatoms. The minimum absolute atomic E-state index is 0.0262. The van der Waals surface area contributed by atoms with Gasteiger partial charge >= 0.3 is 0 Å².